The molecule has 0 aromatic carbocycles. The normalized spacial score (nSPS) is 29.6. The third-order valence-electron chi connectivity index (χ3n) is 2.10. The number of allylic oxidation sites excluding steroid dienone is 2. The highest BCUT2D eigenvalue weighted by molar-refractivity contribution is 8.15. The quantitative estimate of drug-likeness (QED) is 0.400. The van der Waals surface area contributed by atoms with Gasteiger partial charge in [0.2, 0.25) is 0 Å². The predicted octanol–water partition coefficient (Wildman–Crippen LogP) is 2.27. The molecule has 1 aliphatic heterocycles. The zero-order chi connectivity index (χ0) is 7.68. The van der Waals surface area contributed by atoms with Crippen LogP contribution < -0.4 is 0 Å². The van der Waals surface area contributed by atoms with Crippen LogP contribution in [-0.2, 0) is 0 Å². The van der Waals surface area contributed by atoms with E-state index in [-0.39, 0.29) is 0 Å². The Balaban J connectivity index is 2.20. The molecule has 0 saturated carbocycles. The summed E-state index contributed by atoms with van der Waals surface area (Å²) < 4.78 is 0. The SMILES string of the molecule is [OH+]=C1C=C2CC=CCCC2S1. The first kappa shape index (κ1) is 7.17. The molecule has 1 nitrogen and oxygen atoms in total. The van der Waals surface area contributed by atoms with Crippen LogP contribution in [0, 0.1) is 0 Å². The zero-order valence-electron chi connectivity index (χ0n) is 6.29. The van der Waals surface area contributed by atoms with Gasteiger partial charge >= 0.3 is 5.12 Å². The Morgan fingerprint density at radius 2 is 2.36 bits per heavy atom. The second-order valence-corrected chi connectivity index (χ2v) is 4.14. The number of rotatable bonds is 0. The van der Waals surface area contributed by atoms with Gasteiger partial charge in [0.15, 0.2) is 0 Å². The van der Waals surface area contributed by atoms with Crippen molar-refractivity contribution in [3.05, 3.63) is 23.8 Å². The fraction of sp³-hybridized carbons (Fsp3) is 0.444. The van der Waals surface area contributed by atoms with E-state index in [0.29, 0.717) is 10.4 Å². The van der Waals surface area contributed by atoms with Crippen molar-refractivity contribution in [1.82, 2.24) is 0 Å². The van der Waals surface area contributed by atoms with E-state index in [9.17, 15) is 4.79 Å². The van der Waals surface area contributed by atoms with Gasteiger partial charge in [-0.05, 0) is 36.6 Å². The summed E-state index contributed by atoms with van der Waals surface area (Å²) in [4.78, 5) is 9.23. The third-order valence-corrected chi connectivity index (χ3v) is 3.28. The summed E-state index contributed by atoms with van der Waals surface area (Å²) in [7, 11) is 0. The fourth-order valence-corrected chi connectivity index (χ4v) is 2.61. The van der Waals surface area contributed by atoms with Gasteiger partial charge in [0.1, 0.15) is 0 Å². The van der Waals surface area contributed by atoms with E-state index in [1.54, 1.807) is 11.8 Å². The van der Waals surface area contributed by atoms with Gasteiger partial charge in [0.25, 0.3) is 0 Å². The van der Waals surface area contributed by atoms with Crippen LogP contribution >= 0.6 is 11.8 Å². The van der Waals surface area contributed by atoms with Gasteiger partial charge in [-0.3, -0.25) is 4.79 Å². The molecule has 2 rings (SSSR count). The molecule has 0 aromatic heterocycles. The predicted molar refractivity (Wildman–Crippen MR) is 49.4 cm³/mol. The van der Waals surface area contributed by atoms with Gasteiger partial charge in [-0.15, -0.1) is 0 Å². The first-order valence-electron chi connectivity index (χ1n) is 3.94. The summed E-state index contributed by atoms with van der Waals surface area (Å²) in [5.74, 6) is 0. The van der Waals surface area contributed by atoms with Crippen LogP contribution in [-0.4, -0.2) is 15.2 Å². The maximum atomic E-state index is 9.23. The lowest BCUT2D eigenvalue weighted by Gasteiger charge is -2.05. The van der Waals surface area contributed by atoms with E-state index in [1.807, 2.05) is 6.08 Å². The molecular formula is C9H11OS+. The van der Waals surface area contributed by atoms with Crippen LogP contribution in [0.5, 0.6) is 0 Å². The molecule has 1 aliphatic carbocycles. The van der Waals surface area contributed by atoms with Crippen LogP contribution in [0.4, 0.5) is 0 Å². The van der Waals surface area contributed by atoms with E-state index in [2.05, 4.69) is 12.2 Å². The highest BCUT2D eigenvalue weighted by Crippen LogP contribution is 2.35. The molecular weight excluding hydrogens is 156 g/mol. The zero-order valence-corrected chi connectivity index (χ0v) is 7.10. The van der Waals surface area contributed by atoms with Crippen molar-refractivity contribution in [2.75, 3.05) is 0 Å². The number of hydrogen-bond acceptors (Lipinski definition) is 1. The molecule has 1 atom stereocenters. The molecule has 0 bridgehead atoms. The molecule has 0 amide bonds. The molecule has 0 fully saturated rings. The van der Waals surface area contributed by atoms with Gasteiger partial charge in [0, 0.05) is 5.25 Å². The maximum Gasteiger partial charge on any atom is 0.375 e. The molecule has 0 aromatic rings. The van der Waals surface area contributed by atoms with Crippen LogP contribution in [0.15, 0.2) is 23.8 Å². The van der Waals surface area contributed by atoms with Crippen molar-refractivity contribution < 1.29 is 4.79 Å². The molecule has 2 aliphatic rings. The Labute approximate surface area is 70.6 Å². The molecule has 0 saturated heterocycles. The van der Waals surface area contributed by atoms with E-state index in [1.165, 1.54) is 12.0 Å². The summed E-state index contributed by atoms with van der Waals surface area (Å²) >= 11 is 1.60. The minimum atomic E-state index is 0.500. The number of thioether (sulfide) groups is 1. The van der Waals surface area contributed by atoms with Gasteiger partial charge in [-0.2, -0.15) is 0 Å². The van der Waals surface area contributed by atoms with Gasteiger partial charge in [0.05, 0.1) is 6.08 Å². The second-order valence-electron chi connectivity index (χ2n) is 2.92. The topological polar surface area (TPSA) is 21.4 Å². The Morgan fingerprint density at radius 3 is 3.27 bits per heavy atom. The smallest absolute Gasteiger partial charge is 0.268 e. The average Bonchev–Trinajstić information content (AvgIpc) is 2.17. The third kappa shape index (κ3) is 1.41. The van der Waals surface area contributed by atoms with Gasteiger partial charge in [-0.25, -0.2) is 0 Å². The van der Waals surface area contributed by atoms with Crippen molar-refractivity contribution in [3.63, 3.8) is 0 Å². The highest BCUT2D eigenvalue weighted by atomic mass is 32.2. The van der Waals surface area contributed by atoms with Gasteiger partial charge in [-0.1, -0.05) is 12.2 Å². The molecule has 0 spiro atoms. The second kappa shape index (κ2) is 2.86. The lowest BCUT2D eigenvalue weighted by atomic mass is 10.1. The van der Waals surface area contributed by atoms with Gasteiger partial charge < -0.3 is 0 Å². The van der Waals surface area contributed by atoms with Crippen molar-refractivity contribution >= 4 is 16.9 Å². The first-order valence-corrected chi connectivity index (χ1v) is 4.82. The van der Waals surface area contributed by atoms with Crippen molar-refractivity contribution in [3.8, 4) is 0 Å². The number of fused-ring (bicyclic) bond motifs is 1. The van der Waals surface area contributed by atoms with E-state index < -0.39 is 0 Å². The molecule has 58 valence electrons. The number of hydrogen-bond donors (Lipinski definition) is 0. The number of carbonyl (C=O) groups excluding carboxylic acids is 1. The van der Waals surface area contributed by atoms with Crippen LogP contribution in [0.25, 0.3) is 0 Å². The first-order chi connectivity index (χ1) is 5.36. The summed E-state index contributed by atoms with van der Waals surface area (Å²) in [6.07, 6.45) is 9.72. The molecule has 1 N–H and O–H groups in total. The largest absolute Gasteiger partial charge is 0.375 e. The van der Waals surface area contributed by atoms with Crippen LogP contribution in [0.1, 0.15) is 19.3 Å². The standard InChI is InChI=1S/C9H10OS/c10-9-6-7-4-2-1-3-5-8(7)11-9/h1-2,6,8H,3-5H2/p+1. The average molecular weight is 167 g/mol. The Hall–Kier alpha value is -0.500. The van der Waals surface area contributed by atoms with Crippen LogP contribution in [0.3, 0.4) is 0 Å². The lowest BCUT2D eigenvalue weighted by Crippen LogP contribution is -1.99. The highest BCUT2D eigenvalue weighted by Gasteiger charge is 2.28. The Bertz CT molecular complexity index is 240. The molecule has 1 heterocycles. The van der Waals surface area contributed by atoms with E-state index in [4.69, 9.17) is 0 Å². The molecule has 11 heavy (non-hydrogen) atoms. The fourth-order valence-electron chi connectivity index (χ4n) is 1.53. The summed E-state index contributed by atoms with van der Waals surface area (Å²) in [5, 5.41) is 1.06. The van der Waals surface area contributed by atoms with Crippen molar-refractivity contribution in [2.45, 2.75) is 24.5 Å². The van der Waals surface area contributed by atoms with Crippen LogP contribution in [0.2, 0.25) is 0 Å². The Morgan fingerprint density at radius 1 is 1.45 bits per heavy atom. The monoisotopic (exact) mass is 167 g/mol. The minimum absolute atomic E-state index is 0.500. The Kier molecular flexibility index (Phi) is 1.86. The molecule has 1 unspecified atom stereocenters. The lowest BCUT2D eigenvalue weighted by molar-refractivity contribution is 0.692. The van der Waals surface area contributed by atoms with E-state index in [0.717, 1.165) is 12.8 Å². The van der Waals surface area contributed by atoms with Crippen molar-refractivity contribution in [1.29, 1.82) is 0 Å². The van der Waals surface area contributed by atoms with Crippen molar-refractivity contribution in [2.24, 2.45) is 0 Å². The maximum absolute atomic E-state index is 9.23. The van der Waals surface area contributed by atoms with E-state index >= 15 is 0 Å². The summed E-state index contributed by atoms with van der Waals surface area (Å²) in [6.45, 7) is 0. The molecule has 0 radical (unpaired) electrons. The minimum Gasteiger partial charge on any atom is -0.268 e. The summed E-state index contributed by atoms with van der Waals surface area (Å²) in [6, 6.07) is 0. The summed E-state index contributed by atoms with van der Waals surface area (Å²) in [5.41, 5.74) is 1.39. The molecule has 2 heteroatoms.